The molecular weight excluding hydrogens is 427 g/mol. The van der Waals surface area contributed by atoms with Crippen molar-refractivity contribution in [1.29, 1.82) is 0 Å². The second-order valence-electron chi connectivity index (χ2n) is 6.92. The zero-order chi connectivity index (χ0) is 20.8. The number of alkyl halides is 3. The Morgan fingerprint density at radius 3 is 2.59 bits per heavy atom. The molecule has 1 heterocycles. The monoisotopic (exact) mass is 441 g/mol. The molecule has 2 aromatic carbocycles. The maximum absolute atomic E-state index is 12.8. The molecule has 1 fully saturated rings. The number of nitrogens with one attached hydrogen (secondary N) is 1. The summed E-state index contributed by atoms with van der Waals surface area (Å²) in [6.45, 7) is 0. The van der Waals surface area contributed by atoms with Crippen molar-refractivity contribution in [3.05, 3.63) is 58.1 Å². The van der Waals surface area contributed by atoms with E-state index in [9.17, 15) is 22.8 Å². The lowest BCUT2D eigenvalue weighted by molar-refractivity contribution is -0.137. The Balaban J connectivity index is 1.57. The van der Waals surface area contributed by atoms with Gasteiger partial charge >= 0.3 is 6.18 Å². The van der Waals surface area contributed by atoms with Gasteiger partial charge in [-0.15, -0.1) is 0 Å². The van der Waals surface area contributed by atoms with E-state index in [2.05, 4.69) is 5.32 Å². The first kappa shape index (κ1) is 20.1. The van der Waals surface area contributed by atoms with Gasteiger partial charge in [0.05, 0.1) is 10.6 Å². The summed E-state index contributed by atoms with van der Waals surface area (Å²) >= 11 is 6.98. The van der Waals surface area contributed by atoms with Crippen LogP contribution in [0, 0.1) is 0 Å². The van der Waals surface area contributed by atoms with Crippen LogP contribution in [0.5, 0.6) is 11.5 Å². The van der Waals surface area contributed by atoms with Crippen molar-refractivity contribution in [3.63, 3.8) is 0 Å². The van der Waals surface area contributed by atoms with Gasteiger partial charge in [0, 0.05) is 5.92 Å². The number of benzene rings is 2. The Kier molecular flexibility index (Phi) is 5.25. The minimum Gasteiger partial charge on any atom is -0.456 e. The summed E-state index contributed by atoms with van der Waals surface area (Å²) in [7, 11) is 0. The van der Waals surface area contributed by atoms with E-state index in [1.807, 2.05) is 12.1 Å². The van der Waals surface area contributed by atoms with Crippen LogP contribution in [0.2, 0.25) is 5.02 Å². The van der Waals surface area contributed by atoms with Crippen molar-refractivity contribution >= 4 is 34.5 Å². The molecule has 2 amide bonds. The van der Waals surface area contributed by atoms with Gasteiger partial charge in [0.15, 0.2) is 0 Å². The van der Waals surface area contributed by atoms with E-state index in [0.717, 1.165) is 54.3 Å². The highest BCUT2D eigenvalue weighted by Gasteiger charge is 2.40. The van der Waals surface area contributed by atoms with Crippen LogP contribution in [-0.4, -0.2) is 16.4 Å². The highest BCUT2D eigenvalue weighted by atomic mass is 35.5. The Morgan fingerprint density at radius 1 is 1.14 bits per heavy atom. The molecule has 0 bridgehead atoms. The number of ether oxygens (including phenoxy) is 1. The predicted molar refractivity (Wildman–Crippen MR) is 104 cm³/mol. The number of hydrogen-bond acceptors (Lipinski definition) is 4. The maximum atomic E-state index is 12.8. The van der Waals surface area contributed by atoms with E-state index in [1.54, 1.807) is 6.07 Å². The topological polar surface area (TPSA) is 55.4 Å². The fraction of sp³-hybridized carbons (Fsp3) is 0.300. The number of fused-ring (bicyclic) bond motifs is 1. The Bertz CT molecular complexity index is 995. The van der Waals surface area contributed by atoms with Crippen molar-refractivity contribution in [1.82, 2.24) is 5.32 Å². The van der Waals surface area contributed by atoms with Gasteiger partial charge in [0.1, 0.15) is 16.7 Å². The normalized spacial score (nSPS) is 21.7. The van der Waals surface area contributed by atoms with Gasteiger partial charge in [0.2, 0.25) is 5.91 Å². The molecule has 0 spiro atoms. The summed E-state index contributed by atoms with van der Waals surface area (Å²) in [6.07, 6.45) is -2.03. The van der Waals surface area contributed by atoms with Gasteiger partial charge in [-0.25, -0.2) is 0 Å². The molecule has 0 radical (unpaired) electrons. The Hall–Kier alpha value is -2.19. The summed E-state index contributed by atoms with van der Waals surface area (Å²) in [5.41, 5.74) is 1.14. The van der Waals surface area contributed by atoms with Crippen molar-refractivity contribution < 1.29 is 27.5 Å². The first-order chi connectivity index (χ1) is 13.7. The highest BCUT2D eigenvalue weighted by molar-refractivity contribution is 8.15. The molecule has 4 rings (SSSR count). The standard InChI is InChI=1S/C20H15ClF3NO3S/c21-15-9-11(20(22,23)24)4-7-16(15)28-12-5-6-13-10(8-12)2-1-3-14(13)17-18(26)25-19(27)29-17/h4-9,14,17H,1-3H2,(H,25,26,27)/t14-,17?/m1/s1. The fourth-order valence-corrected chi connectivity index (χ4v) is 4.95. The second-order valence-corrected chi connectivity index (χ2v) is 8.44. The van der Waals surface area contributed by atoms with Crippen molar-refractivity contribution in [2.24, 2.45) is 0 Å². The molecule has 0 saturated carbocycles. The summed E-state index contributed by atoms with van der Waals surface area (Å²) in [6, 6.07) is 8.31. The third-order valence-corrected chi connectivity index (χ3v) is 6.45. The van der Waals surface area contributed by atoms with Gasteiger partial charge in [-0.2, -0.15) is 13.2 Å². The SMILES string of the molecule is O=C1NC(=O)C([C@@H]2CCCc3cc(Oc4ccc(C(F)(F)F)cc4Cl)ccc32)S1. The molecule has 2 aliphatic rings. The lowest BCUT2D eigenvalue weighted by Gasteiger charge is -2.28. The molecule has 29 heavy (non-hydrogen) atoms. The second kappa shape index (κ2) is 7.57. The number of carbonyl (C=O) groups is 2. The molecule has 1 saturated heterocycles. The predicted octanol–water partition coefficient (Wildman–Crippen LogP) is 5.92. The number of amides is 2. The average molecular weight is 442 g/mol. The molecule has 0 aromatic heterocycles. The van der Waals surface area contributed by atoms with E-state index >= 15 is 0 Å². The van der Waals surface area contributed by atoms with Crippen molar-refractivity contribution in [2.75, 3.05) is 0 Å². The van der Waals surface area contributed by atoms with Crippen LogP contribution in [0.15, 0.2) is 36.4 Å². The number of aryl methyl sites for hydroxylation is 1. The number of hydrogen-bond donors (Lipinski definition) is 1. The van der Waals surface area contributed by atoms with Crippen LogP contribution in [0.25, 0.3) is 0 Å². The third-order valence-electron chi connectivity index (χ3n) is 5.05. The van der Waals surface area contributed by atoms with E-state index in [1.165, 1.54) is 6.07 Å². The lowest BCUT2D eigenvalue weighted by Crippen LogP contribution is -2.30. The first-order valence-electron chi connectivity index (χ1n) is 8.91. The molecular formula is C20H15ClF3NO3S. The molecule has 1 aliphatic carbocycles. The molecule has 4 nitrogen and oxygen atoms in total. The van der Waals surface area contributed by atoms with Crippen LogP contribution >= 0.6 is 23.4 Å². The van der Waals surface area contributed by atoms with E-state index in [0.29, 0.717) is 5.75 Å². The van der Waals surface area contributed by atoms with Crippen molar-refractivity contribution in [3.8, 4) is 11.5 Å². The number of halogens is 4. The highest BCUT2D eigenvalue weighted by Crippen LogP contribution is 2.43. The smallest absolute Gasteiger partial charge is 0.416 e. The largest absolute Gasteiger partial charge is 0.456 e. The van der Waals surface area contributed by atoms with E-state index in [-0.39, 0.29) is 27.8 Å². The van der Waals surface area contributed by atoms with Crippen molar-refractivity contribution in [2.45, 2.75) is 36.6 Å². The molecule has 1 aliphatic heterocycles. The molecule has 9 heteroatoms. The van der Waals surface area contributed by atoms with Gasteiger partial charge < -0.3 is 4.74 Å². The number of rotatable bonds is 3. The van der Waals surface area contributed by atoms with E-state index in [4.69, 9.17) is 16.3 Å². The lowest BCUT2D eigenvalue weighted by atomic mass is 9.80. The number of carbonyl (C=O) groups excluding carboxylic acids is 2. The van der Waals surface area contributed by atoms with Crippen LogP contribution in [0.1, 0.15) is 35.4 Å². The maximum Gasteiger partial charge on any atom is 0.416 e. The van der Waals surface area contributed by atoms with Gasteiger partial charge in [-0.1, -0.05) is 29.4 Å². The number of imide groups is 1. The van der Waals surface area contributed by atoms with Gasteiger partial charge in [0.25, 0.3) is 5.24 Å². The van der Waals surface area contributed by atoms with E-state index < -0.39 is 17.0 Å². The molecule has 1 unspecified atom stereocenters. The number of thioether (sulfide) groups is 1. The molecule has 2 atom stereocenters. The molecule has 2 aromatic rings. The van der Waals surface area contributed by atoms with Gasteiger partial charge in [-0.3, -0.25) is 14.9 Å². The summed E-state index contributed by atoms with van der Waals surface area (Å²) in [5.74, 6) is 0.239. The molecule has 152 valence electrons. The summed E-state index contributed by atoms with van der Waals surface area (Å²) < 4.78 is 44.0. The summed E-state index contributed by atoms with van der Waals surface area (Å²) in [4.78, 5) is 23.6. The van der Waals surface area contributed by atoms with Crippen LogP contribution < -0.4 is 10.1 Å². The first-order valence-corrected chi connectivity index (χ1v) is 10.2. The minimum absolute atomic E-state index is 0.0705. The zero-order valence-corrected chi connectivity index (χ0v) is 16.5. The van der Waals surface area contributed by atoms with Crippen LogP contribution in [-0.2, 0) is 17.4 Å². The Labute approximate surface area is 173 Å². The Morgan fingerprint density at radius 2 is 1.93 bits per heavy atom. The molecule has 1 N–H and O–H groups in total. The van der Waals surface area contributed by atoms with Gasteiger partial charge in [-0.05, 0) is 60.7 Å². The van der Waals surface area contributed by atoms with Crippen LogP contribution in [0.3, 0.4) is 0 Å². The third kappa shape index (κ3) is 4.09. The fourth-order valence-electron chi connectivity index (χ4n) is 3.73. The van der Waals surface area contributed by atoms with Crippen LogP contribution in [0.4, 0.5) is 18.0 Å². The zero-order valence-electron chi connectivity index (χ0n) is 14.9. The summed E-state index contributed by atoms with van der Waals surface area (Å²) in [5, 5.41) is 1.42. The quantitative estimate of drug-likeness (QED) is 0.642. The minimum atomic E-state index is -4.48. The average Bonchev–Trinajstić information content (AvgIpc) is 3.00.